The van der Waals surface area contributed by atoms with Crippen LogP contribution in [0.5, 0.6) is 5.75 Å². The zero-order valence-corrected chi connectivity index (χ0v) is 14.9. The van der Waals surface area contributed by atoms with Crippen LogP contribution in [0.25, 0.3) is 22.1 Å². The summed E-state index contributed by atoms with van der Waals surface area (Å²) in [7, 11) is 0. The Morgan fingerprint density at radius 3 is 2.20 bits per heavy atom. The van der Waals surface area contributed by atoms with Gasteiger partial charge in [0.05, 0.1) is 16.6 Å². The standard InChI is InChI=1S/C20H13BrN2O2/c1-12-11-14(21)17-18(23-16-10-6-5-9-15(16)22-17)19(12)25-20(24)13-7-3-2-4-8-13/h2-11H,1H3. The molecule has 0 N–H and O–H groups in total. The highest BCUT2D eigenvalue weighted by Crippen LogP contribution is 2.34. The maximum absolute atomic E-state index is 12.5. The van der Waals surface area contributed by atoms with Gasteiger partial charge in [-0.25, -0.2) is 14.8 Å². The highest BCUT2D eigenvalue weighted by Gasteiger charge is 2.17. The minimum atomic E-state index is -0.415. The van der Waals surface area contributed by atoms with Crippen molar-refractivity contribution < 1.29 is 9.53 Å². The fourth-order valence-electron chi connectivity index (χ4n) is 2.69. The number of carbonyl (C=O) groups excluding carboxylic acids is 1. The largest absolute Gasteiger partial charge is 0.420 e. The van der Waals surface area contributed by atoms with Gasteiger partial charge in [0, 0.05) is 4.47 Å². The van der Waals surface area contributed by atoms with E-state index in [0.29, 0.717) is 22.3 Å². The Hall–Kier alpha value is -2.79. The maximum atomic E-state index is 12.5. The van der Waals surface area contributed by atoms with E-state index in [1.165, 1.54) is 0 Å². The number of ether oxygens (including phenoxy) is 1. The van der Waals surface area contributed by atoms with Gasteiger partial charge in [0.15, 0.2) is 5.75 Å². The molecule has 1 heterocycles. The van der Waals surface area contributed by atoms with E-state index in [4.69, 9.17) is 4.74 Å². The van der Waals surface area contributed by atoms with E-state index in [0.717, 1.165) is 21.1 Å². The van der Waals surface area contributed by atoms with Gasteiger partial charge < -0.3 is 4.74 Å². The summed E-state index contributed by atoms with van der Waals surface area (Å²) in [6, 6.07) is 18.4. The number of halogens is 1. The fraction of sp³-hybridized carbons (Fsp3) is 0.0500. The molecule has 0 spiro atoms. The number of hydrogen-bond donors (Lipinski definition) is 0. The number of esters is 1. The number of benzene rings is 3. The van der Waals surface area contributed by atoms with E-state index in [-0.39, 0.29) is 0 Å². The van der Waals surface area contributed by atoms with Gasteiger partial charge in [0.1, 0.15) is 11.0 Å². The van der Waals surface area contributed by atoms with Gasteiger partial charge in [-0.15, -0.1) is 0 Å². The number of aryl methyl sites for hydroxylation is 1. The Kier molecular flexibility index (Phi) is 3.93. The molecule has 0 aliphatic heterocycles. The van der Waals surface area contributed by atoms with Crippen molar-refractivity contribution in [2.24, 2.45) is 0 Å². The van der Waals surface area contributed by atoms with E-state index in [1.807, 2.05) is 43.3 Å². The molecule has 3 aromatic carbocycles. The molecule has 1 aromatic heterocycles. The molecule has 0 bridgehead atoms. The number of rotatable bonds is 2. The summed E-state index contributed by atoms with van der Waals surface area (Å²) in [5, 5.41) is 0. The van der Waals surface area contributed by atoms with Gasteiger partial charge >= 0.3 is 5.97 Å². The third-order valence-electron chi connectivity index (χ3n) is 3.92. The quantitative estimate of drug-likeness (QED) is 0.271. The second-order valence-electron chi connectivity index (χ2n) is 5.67. The van der Waals surface area contributed by atoms with E-state index in [2.05, 4.69) is 25.9 Å². The van der Waals surface area contributed by atoms with Crippen molar-refractivity contribution in [1.29, 1.82) is 0 Å². The summed E-state index contributed by atoms with van der Waals surface area (Å²) in [4.78, 5) is 21.8. The SMILES string of the molecule is Cc1cc(Br)c2nc3ccccc3nc2c1OC(=O)c1ccccc1. The van der Waals surface area contributed by atoms with Crippen LogP contribution in [0.15, 0.2) is 65.1 Å². The predicted molar refractivity (Wildman–Crippen MR) is 101 cm³/mol. The Morgan fingerprint density at radius 1 is 0.920 bits per heavy atom. The first-order chi connectivity index (χ1) is 12.1. The number of carbonyl (C=O) groups is 1. The number of aromatic nitrogens is 2. The number of hydrogen-bond acceptors (Lipinski definition) is 4. The minimum Gasteiger partial charge on any atom is -0.420 e. The van der Waals surface area contributed by atoms with E-state index >= 15 is 0 Å². The van der Waals surface area contributed by atoms with Gasteiger partial charge in [-0.3, -0.25) is 0 Å². The first-order valence-electron chi connectivity index (χ1n) is 7.76. The molecular weight excluding hydrogens is 380 g/mol. The Morgan fingerprint density at radius 2 is 1.52 bits per heavy atom. The molecule has 0 unspecified atom stereocenters. The lowest BCUT2D eigenvalue weighted by Gasteiger charge is -2.12. The second kappa shape index (κ2) is 6.26. The molecular formula is C20H13BrN2O2. The maximum Gasteiger partial charge on any atom is 0.343 e. The number of para-hydroxylation sites is 2. The van der Waals surface area contributed by atoms with Gasteiger partial charge in [0.25, 0.3) is 0 Å². The number of fused-ring (bicyclic) bond motifs is 2. The van der Waals surface area contributed by atoms with Gasteiger partial charge in [-0.2, -0.15) is 0 Å². The average molecular weight is 393 g/mol. The zero-order valence-electron chi connectivity index (χ0n) is 13.4. The van der Waals surface area contributed by atoms with Crippen molar-refractivity contribution in [3.63, 3.8) is 0 Å². The van der Waals surface area contributed by atoms with Crippen LogP contribution in [-0.2, 0) is 0 Å². The lowest BCUT2D eigenvalue weighted by atomic mass is 10.1. The molecule has 4 aromatic rings. The molecule has 25 heavy (non-hydrogen) atoms. The Bertz CT molecular complexity index is 1110. The van der Waals surface area contributed by atoms with E-state index in [9.17, 15) is 4.79 Å². The van der Waals surface area contributed by atoms with Gasteiger partial charge in [-0.05, 0) is 58.7 Å². The highest BCUT2D eigenvalue weighted by molar-refractivity contribution is 9.10. The van der Waals surface area contributed by atoms with Crippen LogP contribution in [0.2, 0.25) is 0 Å². The van der Waals surface area contributed by atoms with Crippen LogP contribution in [0.1, 0.15) is 15.9 Å². The summed E-state index contributed by atoms with van der Waals surface area (Å²) < 4.78 is 6.50. The van der Waals surface area contributed by atoms with Crippen molar-refractivity contribution >= 4 is 44.0 Å². The van der Waals surface area contributed by atoms with Crippen LogP contribution < -0.4 is 4.74 Å². The average Bonchev–Trinajstić information content (AvgIpc) is 2.64. The van der Waals surface area contributed by atoms with Crippen molar-refractivity contribution in [2.45, 2.75) is 6.92 Å². The van der Waals surface area contributed by atoms with Crippen LogP contribution in [0, 0.1) is 6.92 Å². The van der Waals surface area contributed by atoms with Gasteiger partial charge in [-0.1, -0.05) is 30.3 Å². The molecule has 5 heteroatoms. The van der Waals surface area contributed by atoms with Crippen molar-refractivity contribution in [3.8, 4) is 5.75 Å². The van der Waals surface area contributed by atoms with Crippen LogP contribution >= 0.6 is 15.9 Å². The summed E-state index contributed by atoms with van der Waals surface area (Å²) >= 11 is 3.54. The van der Waals surface area contributed by atoms with E-state index in [1.54, 1.807) is 24.3 Å². The summed E-state index contributed by atoms with van der Waals surface area (Å²) in [5.74, 6) is 0.0209. The molecule has 0 fully saturated rings. The van der Waals surface area contributed by atoms with Crippen molar-refractivity contribution in [1.82, 2.24) is 9.97 Å². The van der Waals surface area contributed by atoms with E-state index < -0.39 is 5.97 Å². The lowest BCUT2D eigenvalue weighted by Crippen LogP contribution is -2.10. The Balaban J connectivity index is 1.90. The monoisotopic (exact) mass is 392 g/mol. The minimum absolute atomic E-state index is 0.415. The van der Waals surface area contributed by atoms with Crippen LogP contribution in [0.3, 0.4) is 0 Å². The first-order valence-corrected chi connectivity index (χ1v) is 8.55. The molecule has 0 aliphatic carbocycles. The number of nitrogens with zero attached hydrogens (tertiary/aromatic N) is 2. The third kappa shape index (κ3) is 2.87. The molecule has 0 saturated heterocycles. The fourth-order valence-corrected chi connectivity index (χ4v) is 3.31. The smallest absolute Gasteiger partial charge is 0.343 e. The molecule has 0 amide bonds. The normalized spacial score (nSPS) is 11.0. The summed E-state index contributed by atoms with van der Waals surface area (Å²) in [6.07, 6.45) is 0. The van der Waals surface area contributed by atoms with Crippen molar-refractivity contribution in [3.05, 3.63) is 76.3 Å². The zero-order chi connectivity index (χ0) is 17.4. The molecule has 0 saturated carbocycles. The topological polar surface area (TPSA) is 52.1 Å². The van der Waals surface area contributed by atoms with Crippen LogP contribution in [0.4, 0.5) is 0 Å². The first kappa shape index (κ1) is 15.7. The molecule has 0 atom stereocenters. The third-order valence-corrected chi connectivity index (χ3v) is 4.52. The molecule has 4 rings (SSSR count). The molecule has 0 aliphatic rings. The Labute approximate surface area is 152 Å². The summed E-state index contributed by atoms with van der Waals surface area (Å²) in [6.45, 7) is 1.88. The second-order valence-corrected chi connectivity index (χ2v) is 6.52. The highest BCUT2D eigenvalue weighted by atomic mass is 79.9. The van der Waals surface area contributed by atoms with Crippen molar-refractivity contribution in [2.75, 3.05) is 0 Å². The summed E-state index contributed by atoms with van der Waals surface area (Å²) in [5.41, 5.74) is 4.08. The molecule has 4 nitrogen and oxygen atoms in total. The predicted octanol–water partition coefficient (Wildman–Crippen LogP) is 5.07. The lowest BCUT2D eigenvalue weighted by molar-refractivity contribution is 0.0735. The molecule has 122 valence electrons. The van der Waals surface area contributed by atoms with Crippen LogP contribution in [-0.4, -0.2) is 15.9 Å². The molecule has 0 radical (unpaired) electrons. The van der Waals surface area contributed by atoms with Gasteiger partial charge in [0.2, 0.25) is 0 Å².